The standard InChI is InChI=1S/C24H31N3O6S/c1-31-20-6-8-21(9-7-20)34(29,30)27-16-14-26(15-17-27)13-12-25-24(28)11-5-19-4-10-22(32-2)23(18-19)33-3/h4-11,18H,12-17H2,1-3H3,(H,25,28)/b11-5-. The molecule has 0 atom stereocenters. The molecule has 0 bridgehead atoms. The fourth-order valence-electron chi connectivity index (χ4n) is 3.61. The first kappa shape index (κ1) is 25.5. The molecule has 3 rings (SSSR count). The van der Waals surface area contributed by atoms with E-state index in [0.717, 1.165) is 5.56 Å². The highest BCUT2D eigenvalue weighted by Crippen LogP contribution is 2.28. The summed E-state index contributed by atoms with van der Waals surface area (Å²) in [6, 6.07) is 11.8. The summed E-state index contributed by atoms with van der Waals surface area (Å²) in [7, 11) is 1.14. The van der Waals surface area contributed by atoms with Crippen LogP contribution in [0.2, 0.25) is 0 Å². The Balaban J connectivity index is 1.43. The van der Waals surface area contributed by atoms with Crippen molar-refractivity contribution in [2.45, 2.75) is 4.90 Å². The van der Waals surface area contributed by atoms with E-state index < -0.39 is 10.0 Å². The van der Waals surface area contributed by atoms with E-state index in [9.17, 15) is 13.2 Å². The number of carbonyl (C=O) groups is 1. The van der Waals surface area contributed by atoms with Crippen LogP contribution in [0.4, 0.5) is 0 Å². The molecule has 1 N–H and O–H groups in total. The van der Waals surface area contributed by atoms with Gasteiger partial charge in [-0.2, -0.15) is 4.31 Å². The Labute approximate surface area is 201 Å². The van der Waals surface area contributed by atoms with Gasteiger partial charge in [-0.05, 0) is 48.0 Å². The number of methoxy groups -OCH3 is 3. The minimum Gasteiger partial charge on any atom is -0.497 e. The van der Waals surface area contributed by atoms with Crippen LogP contribution < -0.4 is 19.5 Å². The SMILES string of the molecule is COc1ccc(S(=O)(=O)N2CCN(CCNC(=O)/C=C\c3ccc(OC)c(OC)c3)CC2)cc1. The molecule has 2 aromatic carbocycles. The van der Waals surface area contributed by atoms with Gasteiger partial charge in [0.2, 0.25) is 15.9 Å². The predicted octanol–water partition coefficient (Wildman–Crippen LogP) is 1.85. The fraction of sp³-hybridized carbons (Fsp3) is 0.375. The Morgan fingerprint density at radius 1 is 0.941 bits per heavy atom. The van der Waals surface area contributed by atoms with Crippen LogP contribution in [-0.2, 0) is 14.8 Å². The number of nitrogens with zero attached hydrogens (tertiary/aromatic N) is 2. The van der Waals surface area contributed by atoms with Crippen molar-refractivity contribution in [3.8, 4) is 17.2 Å². The Morgan fingerprint density at radius 2 is 1.62 bits per heavy atom. The van der Waals surface area contributed by atoms with Crippen LogP contribution >= 0.6 is 0 Å². The molecule has 1 heterocycles. The van der Waals surface area contributed by atoms with E-state index in [1.165, 1.54) is 10.4 Å². The van der Waals surface area contributed by atoms with Gasteiger partial charge >= 0.3 is 0 Å². The van der Waals surface area contributed by atoms with Gasteiger partial charge in [-0.3, -0.25) is 9.69 Å². The largest absolute Gasteiger partial charge is 0.497 e. The molecule has 0 unspecified atom stereocenters. The topological polar surface area (TPSA) is 97.4 Å². The van der Waals surface area contributed by atoms with E-state index in [2.05, 4.69) is 10.2 Å². The van der Waals surface area contributed by atoms with Gasteiger partial charge < -0.3 is 19.5 Å². The maximum Gasteiger partial charge on any atom is 0.244 e. The summed E-state index contributed by atoms with van der Waals surface area (Å²) in [5.74, 6) is 1.64. The summed E-state index contributed by atoms with van der Waals surface area (Å²) < 4.78 is 42.8. The number of carbonyl (C=O) groups excluding carboxylic acids is 1. The van der Waals surface area contributed by atoms with Crippen LogP contribution in [0.25, 0.3) is 6.08 Å². The smallest absolute Gasteiger partial charge is 0.244 e. The summed E-state index contributed by atoms with van der Waals surface area (Å²) in [5, 5.41) is 2.86. The van der Waals surface area contributed by atoms with Crippen molar-refractivity contribution in [1.29, 1.82) is 0 Å². The zero-order valence-corrected chi connectivity index (χ0v) is 20.5. The minimum atomic E-state index is -3.53. The third-order valence-electron chi connectivity index (χ3n) is 5.59. The van der Waals surface area contributed by atoms with Crippen molar-refractivity contribution in [3.63, 3.8) is 0 Å². The predicted molar refractivity (Wildman–Crippen MR) is 130 cm³/mol. The Morgan fingerprint density at radius 3 is 2.24 bits per heavy atom. The zero-order valence-electron chi connectivity index (χ0n) is 19.7. The number of hydrogen-bond acceptors (Lipinski definition) is 7. The van der Waals surface area contributed by atoms with Crippen LogP contribution in [0.3, 0.4) is 0 Å². The van der Waals surface area contributed by atoms with E-state index in [-0.39, 0.29) is 10.8 Å². The molecule has 1 fully saturated rings. The zero-order chi connectivity index (χ0) is 24.6. The lowest BCUT2D eigenvalue weighted by molar-refractivity contribution is -0.116. The lowest BCUT2D eigenvalue weighted by atomic mass is 10.2. The molecule has 9 nitrogen and oxygen atoms in total. The van der Waals surface area contributed by atoms with Gasteiger partial charge in [-0.15, -0.1) is 0 Å². The van der Waals surface area contributed by atoms with Crippen LogP contribution in [0.15, 0.2) is 53.4 Å². The second-order valence-corrected chi connectivity index (χ2v) is 9.60. The van der Waals surface area contributed by atoms with Gasteiger partial charge in [0.1, 0.15) is 5.75 Å². The molecular formula is C24H31N3O6S. The van der Waals surface area contributed by atoms with Crippen LogP contribution in [0.1, 0.15) is 5.56 Å². The van der Waals surface area contributed by atoms with Gasteiger partial charge in [0.15, 0.2) is 11.5 Å². The average Bonchev–Trinajstić information content (AvgIpc) is 2.87. The number of ether oxygens (including phenoxy) is 3. The highest BCUT2D eigenvalue weighted by Gasteiger charge is 2.28. The van der Waals surface area contributed by atoms with Crippen LogP contribution in [0, 0.1) is 0 Å². The van der Waals surface area contributed by atoms with Crippen molar-refractivity contribution in [1.82, 2.24) is 14.5 Å². The molecule has 0 aliphatic carbocycles. The summed E-state index contributed by atoms with van der Waals surface area (Å²) in [4.78, 5) is 14.5. The second-order valence-electron chi connectivity index (χ2n) is 7.66. The molecule has 0 saturated carbocycles. The molecule has 0 radical (unpaired) electrons. The number of piperazine rings is 1. The Hall–Kier alpha value is -3.08. The third-order valence-corrected chi connectivity index (χ3v) is 7.50. The van der Waals surface area contributed by atoms with E-state index in [0.29, 0.717) is 56.5 Å². The third kappa shape index (κ3) is 6.49. The minimum absolute atomic E-state index is 0.199. The number of benzene rings is 2. The monoisotopic (exact) mass is 489 g/mol. The first-order chi connectivity index (χ1) is 16.4. The summed E-state index contributed by atoms with van der Waals surface area (Å²) in [6.45, 7) is 3.13. The highest BCUT2D eigenvalue weighted by molar-refractivity contribution is 7.89. The van der Waals surface area contributed by atoms with Gasteiger partial charge in [-0.25, -0.2) is 8.42 Å². The quantitative estimate of drug-likeness (QED) is 0.509. The number of amides is 1. The van der Waals surface area contributed by atoms with Crippen molar-refractivity contribution < 1.29 is 27.4 Å². The molecule has 184 valence electrons. The second kappa shape index (κ2) is 11.9. The Bertz CT molecular complexity index is 1090. The highest BCUT2D eigenvalue weighted by atomic mass is 32.2. The van der Waals surface area contributed by atoms with Crippen molar-refractivity contribution in [2.24, 2.45) is 0 Å². The van der Waals surface area contributed by atoms with Crippen molar-refractivity contribution in [3.05, 3.63) is 54.1 Å². The van der Waals surface area contributed by atoms with Gasteiger partial charge in [-0.1, -0.05) is 6.07 Å². The van der Waals surface area contributed by atoms with Gasteiger partial charge in [0.05, 0.1) is 26.2 Å². The van der Waals surface area contributed by atoms with Crippen LogP contribution in [0.5, 0.6) is 17.2 Å². The van der Waals surface area contributed by atoms with Crippen molar-refractivity contribution >= 4 is 22.0 Å². The number of hydrogen-bond donors (Lipinski definition) is 1. The lowest BCUT2D eigenvalue weighted by Crippen LogP contribution is -2.50. The molecule has 1 amide bonds. The Kier molecular flexibility index (Phi) is 8.91. The molecule has 2 aromatic rings. The average molecular weight is 490 g/mol. The molecule has 0 aromatic heterocycles. The first-order valence-electron chi connectivity index (χ1n) is 10.9. The maximum atomic E-state index is 12.8. The van der Waals surface area contributed by atoms with Crippen LogP contribution in [-0.4, -0.2) is 84.1 Å². The number of nitrogens with one attached hydrogen (secondary N) is 1. The van der Waals surface area contributed by atoms with E-state index in [4.69, 9.17) is 14.2 Å². The molecule has 0 spiro atoms. The summed E-state index contributed by atoms with van der Waals surface area (Å²) >= 11 is 0. The molecular weight excluding hydrogens is 458 g/mol. The van der Waals surface area contributed by atoms with Crippen molar-refractivity contribution in [2.75, 3.05) is 60.6 Å². The molecule has 10 heteroatoms. The first-order valence-corrected chi connectivity index (χ1v) is 12.4. The summed E-state index contributed by atoms with van der Waals surface area (Å²) in [5.41, 5.74) is 0.821. The fourth-order valence-corrected chi connectivity index (χ4v) is 5.04. The normalized spacial score (nSPS) is 15.3. The van der Waals surface area contributed by atoms with Gasteiger partial charge in [0, 0.05) is 45.3 Å². The molecule has 1 aliphatic rings. The molecule has 1 saturated heterocycles. The van der Waals surface area contributed by atoms with E-state index >= 15 is 0 Å². The molecule has 1 aliphatic heterocycles. The maximum absolute atomic E-state index is 12.8. The summed E-state index contributed by atoms with van der Waals surface area (Å²) in [6.07, 6.45) is 3.18. The molecule has 34 heavy (non-hydrogen) atoms. The number of sulfonamides is 1. The lowest BCUT2D eigenvalue weighted by Gasteiger charge is -2.33. The number of rotatable bonds is 10. The van der Waals surface area contributed by atoms with E-state index in [1.807, 2.05) is 6.07 Å². The van der Waals surface area contributed by atoms with Gasteiger partial charge in [0.25, 0.3) is 0 Å². The van der Waals surface area contributed by atoms with E-state index in [1.54, 1.807) is 63.8 Å².